The number of aromatic nitrogens is 1. The maximum absolute atomic E-state index is 12.8. The first-order valence-electron chi connectivity index (χ1n) is 9.41. The van der Waals surface area contributed by atoms with E-state index in [1.165, 1.54) is 0 Å². The van der Waals surface area contributed by atoms with Crippen molar-refractivity contribution in [3.05, 3.63) is 71.3 Å². The smallest absolute Gasteiger partial charge is 0.322 e. The van der Waals surface area contributed by atoms with Crippen LogP contribution in [-0.2, 0) is 13.0 Å². The van der Waals surface area contributed by atoms with E-state index in [9.17, 15) is 4.79 Å². The van der Waals surface area contributed by atoms with Crippen LogP contribution in [0, 0.1) is 13.8 Å². The molecule has 0 atom stereocenters. The molecule has 28 heavy (non-hydrogen) atoms. The van der Waals surface area contributed by atoms with Gasteiger partial charge in [-0.1, -0.05) is 6.07 Å². The molecule has 3 aromatic rings. The second-order valence-electron chi connectivity index (χ2n) is 7.08. The molecule has 2 aromatic heterocycles. The number of hydrogen-bond acceptors (Lipinski definition) is 4. The third-order valence-corrected chi connectivity index (χ3v) is 4.86. The van der Waals surface area contributed by atoms with Crippen molar-refractivity contribution in [3.8, 4) is 11.6 Å². The number of furan rings is 1. The first-order valence-corrected chi connectivity index (χ1v) is 9.41. The van der Waals surface area contributed by atoms with Gasteiger partial charge in [-0.05, 0) is 49.6 Å². The molecule has 6 nitrogen and oxygen atoms in total. The molecule has 0 bridgehead atoms. The van der Waals surface area contributed by atoms with E-state index in [1.54, 1.807) is 12.5 Å². The van der Waals surface area contributed by atoms with Gasteiger partial charge < -0.3 is 19.4 Å². The third-order valence-electron chi connectivity index (χ3n) is 4.86. The molecule has 0 saturated carbocycles. The normalized spacial score (nSPS) is 13.6. The summed E-state index contributed by atoms with van der Waals surface area (Å²) in [5.74, 6) is 2.18. The molecule has 0 aliphatic carbocycles. The van der Waals surface area contributed by atoms with Gasteiger partial charge >= 0.3 is 6.03 Å². The molecule has 2 amide bonds. The van der Waals surface area contributed by atoms with E-state index in [0.717, 1.165) is 35.3 Å². The monoisotopic (exact) mass is 377 g/mol. The minimum absolute atomic E-state index is 0.127. The Balaban J connectivity index is 1.48. The number of anilines is 1. The number of amides is 2. The number of nitrogens with zero attached hydrogens (tertiary/aromatic N) is 2. The number of carbonyl (C=O) groups is 1. The number of nitrogens with one attached hydrogen (secondary N) is 1. The van der Waals surface area contributed by atoms with Gasteiger partial charge in [0.05, 0.1) is 12.8 Å². The lowest BCUT2D eigenvalue weighted by Gasteiger charge is -2.21. The molecular formula is C22H23N3O3. The predicted octanol–water partition coefficient (Wildman–Crippen LogP) is 5.06. The molecule has 1 aromatic carbocycles. The lowest BCUT2D eigenvalue weighted by Crippen LogP contribution is -2.34. The van der Waals surface area contributed by atoms with Crippen LogP contribution in [0.2, 0.25) is 0 Å². The second kappa shape index (κ2) is 7.76. The van der Waals surface area contributed by atoms with Crippen LogP contribution in [0.25, 0.3) is 0 Å². The summed E-state index contributed by atoms with van der Waals surface area (Å²) in [4.78, 5) is 18.8. The van der Waals surface area contributed by atoms with Crippen LogP contribution in [0.4, 0.5) is 10.5 Å². The minimum Gasteiger partial charge on any atom is -0.469 e. The highest BCUT2D eigenvalue weighted by molar-refractivity contribution is 5.89. The molecule has 0 fully saturated rings. The highest BCUT2D eigenvalue weighted by Crippen LogP contribution is 2.28. The van der Waals surface area contributed by atoms with Gasteiger partial charge in [-0.3, -0.25) is 0 Å². The number of ether oxygens (including phenoxy) is 1. The maximum Gasteiger partial charge on any atom is 0.322 e. The highest BCUT2D eigenvalue weighted by atomic mass is 16.5. The van der Waals surface area contributed by atoms with Crippen molar-refractivity contribution in [2.75, 3.05) is 11.9 Å². The molecule has 1 aliphatic rings. The quantitative estimate of drug-likeness (QED) is 0.692. The number of urea groups is 1. The molecule has 0 radical (unpaired) electrons. The van der Waals surface area contributed by atoms with Crippen molar-refractivity contribution < 1.29 is 13.9 Å². The van der Waals surface area contributed by atoms with E-state index in [2.05, 4.69) is 10.3 Å². The Morgan fingerprint density at radius 2 is 2.11 bits per heavy atom. The molecule has 0 saturated heterocycles. The number of hydrogen-bond donors (Lipinski definition) is 1. The SMILES string of the molecule is Cc1ccnc(Oc2cc(NC(=O)N3CCCc4occc4C3)ccc2C)c1. The first kappa shape index (κ1) is 18.1. The van der Waals surface area contributed by atoms with E-state index >= 15 is 0 Å². The zero-order chi connectivity index (χ0) is 19.5. The van der Waals surface area contributed by atoms with E-state index in [0.29, 0.717) is 30.4 Å². The standard InChI is InChI=1S/C22H23N3O3/c1-15-7-9-23-21(12-15)28-20-13-18(6-5-16(20)2)24-22(26)25-10-3-4-19-17(14-25)8-11-27-19/h5-9,11-13H,3-4,10,14H2,1-2H3,(H,24,26). The summed E-state index contributed by atoms with van der Waals surface area (Å²) in [6.07, 6.45) is 5.15. The van der Waals surface area contributed by atoms with Crippen molar-refractivity contribution in [3.63, 3.8) is 0 Å². The largest absolute Gasteiger partial charge is 0.469 e. The topological polar surface area (TPSA) is 67.6 Å². The van der Waals surface area contributed by atoms with Crippen molar-refractivity contribution in [1.82, 2.24) is 9.88 Å². The molecular weight excluding hydrogens is 354 g/mol. The summed E-state index contributed by atoms with van der Waals surface area (Å²) in [5, 5.41) is 2.98. The second-order valence-corrected chi connectivity index (χ2v) is 7.08. The highest BCUT2D eigenvalue weighted by Gasteiger charge is 2.21. The van der Waals surface area contributed by atoms with Crippen LogP contribution in [-0.4, -0.2) is 22.5 Å². The summed E-state index contributed by atoms with van der Waals surface area (Å²) >= 11 is 0. The fourth-order valence-electron chi connectivity index (χ4n) is 3.28. The average Bonchev–Trinajstić information content (AvgIpc) is 3.01. The van der Waals surface area contributed by atoms with Gasteiger partial charge in [-0.2, -0.15) is 0 Å². The molecule has 4 rings (SSSR count). The van der Waals surface area contributed by atoms with Crippen LogP contribution in [0.15, 0.2) is 53.3 Å². The van der Waals surface area contributed by atoms with E-state index in [-0.39, 0.29) is 6.03 Å². The average molecular weight is 377 g/mol. The molecule has 1 N–H and O–H groups in total. The summed E-state index contributed by atoms with van der Waals surface area (Å²) in [6.45, 7) is 5.20. The number of rotatable bonds is 3. The van der Waals surface area contributed by atoms with Crippen LogP contribution in [0.3, 0.4) is 0 Å². The van der Waals surface area contributed by atoms with Crippen LogP contribution >= 0.6 is 0 Å². The summed E-state index contributed by atoms with van der Waals surface area (Å²) in [7, 11) is 0. The van der Waals surface area contributed by atoms with Gasteiger partial charge in [0.25, 0.3) is 0 Å². The summed E-state index contributed by atoms with van der Waals surface area (Å²) in [6, 6.07) is 11.2. The Hall–Kier alpha value is -3.28. The first-order chi connectivity index (χ1) is 13.6. The fourth-order valence-corrected chi connectivity index (χ4v) is 3.28. The molecule has 0 unspecified atom stereocenters. The number of pyridine rings is 1. The van der Waals surface area contributed by atoms with Crippen molar-refractivity contribution in [2.24, 2.45) is 0 Å². The zero-order valence-electron chi connectivity index (χ0n) is 16.1. The lowest BCUT2D eigenvalue weighted by molar-refractivity contribution is 0.210. The number of benzene rings is 1. The Labute approximate surface area is 164 Å². The van der Waals surface area contributed by atoms with Gasteiger partial charge in [-0.25, -0.2) is 9.78 Å². The summed E-state index contributed by atoms with van der Waals surface area (Å²) in [5.41, 5.74) is 3.81. The van der Waals surface area contributed by atoms with E-state index < -0.39 is 0 Å². The van der Waals surface area contributed by atoms with Crippen molar-refractivity contribution in [2.45, 2.75) is 33.2 Å². The number of aryl methyl sites for hydroxylation is 3. The van der Waals surface area contributed by atoms with Gasteiger partial charge in [0, 0.05) is 42.5 Å². The Bertz CT molecular complexity index is 996. The van der Waals surface area contributed by atoms with E-state index in [4.69, 9.17) is 9.15 Å². The van der Waals surface area contributed by atoms with Gasteiger partial charge in [0.1, 0.15) is 11.5 Å². The Morgan fingerprint density at radius 1 is 1.21 bits per heavy atom. The van der Waals surface area contributed by atoms with Gasteiger partial charge in [0.2, 0.25) is 5.88 Å². The van der Waals surface area contributed by atoms with Crippen LogP contribution in [0.1, 0.15) is 28.9 Å². The molecule has 0 spiro atoms. The predicted molar refractivity (Wildman–Crippen MR) is 107 cm³/mol. The third kappa shape index (κ3) is 4.01. The fraction of sp³-hybridized carbons (Fsp3) is 0.273. The molecule has 1 aliphatic heterocycles. The molecule has 3 heterocycles. The molecule has 6 heteroatoms. The van der Waals surface area contributed by atoms with Crippen molar-refractivity contribution in [1.29, 1.82) is 0 Å². The van der Waals surface area contributed by atoms with Crippen LogP contribution in [0.5, 0.6) is 11.6 Å². The Kier molecular flexibility index (Phi) is 5.02. The number of fused-ring (bicyclic) bond motifs is 1. The minimum atomic E-state index is -0.127. The Morgan fingerprint density at radius 3 is 2.96 bits per heavy atom. The number of carbonyl (C=O) groups excluding carboxylic acids is 1. The van der Waals surface area contributed by atoms with E-state index in [1.807, 2.05) is 55.1 Å². The zero-order valence-corrected chi connectivity index (χ0v) is 16.1. The van der Waals surface area contributed by atoms with Crippen molar-refractivity contribution >= 4 is 11.7 Å². The van der Waals surface area contributed by atoms with Gasteiger partial charge in [0.15, 0.2) is 0 Å². The molecule has 144 valence electrons. The maximum atomic E-state index is 12.8. The lowest BCUT2D eigenvalue weighted by atomic mass is 10.2. The van der Waals surface area contributed by atoms with Gasteiger partial charge in [-0.15, -0.1) is 0 Å². The van der Waals surface area contributed by atoms with Crippen LogP contribution < -0.4 is 10.1 Å². The summed E-state index contributed by atoms with van der Waals surface area (Å²) < 4.78 is 11.4.